The maximum absolute atomic E-state index is 12.0. The van der Waals surface area contributed by atoms with E-state index in [0.29, 0.717) is 0 Å². The molecule has 0 atom stereocenters. The standard InChI is InChI=1S/C4H6F2Si/c5-7(6)3-1-2-4-7/h1-2H,3-4H2. The van der Waals surface area contributed by atoms with E-state index in [1.165, 1.54) is 0 Å². The van der Waals surface area contributed by atoms with Crippen LogP contribution >= 0.6 is 0 Å². The second-order valence-corrected chi connectivity index (χ2v) is 4.26. The van der Waals surface area contributed by atoms with Gasteiger partial charge in [0, 0.05) is 12.1 Å². The lowest BCUT2D eigenvalue weighted by atomic mass is 10.6. The van der Waals surface area contributed by atoms with Crippen molar-refractivity contribution in [2.24, 2.45) is 0 Å². The molecule has 0 bridgehead atoms. The summed E-state index contributed by atoms with van der Waals surface area (Å²) in [5.74, 6) is 0. The van der Waals surface area contributed by atoms with Gasteiger partial charge < -0.3 is 0 Å². The first-order valence-electron chi connectivity index (χ1n) is 2.23. The van der Waals surface area contributed by atoms with Gasteiger partial charge in [0.05, 0.1) is 0 Å². The molecular weight excluding hydrogens is 114 g/mol. The Morgan fingerprint density at radius 2 is 1.57 bits per heavy atom. The second-order valence-electron chi connectivity index (χ2n) is 1.74. The molecule has 7 heavy (non-hydrogen) atoms. The van der Waals surface area contributed by atoms with Crippen LogP contribution in [0.2, 0.25) is 12.1 Å². The van der Waals surface area contributed by atoms with Gasteiger partial charge >= 0.3 is 8.74 Å². The van der Waals surface area contributed by atoms with Crippen molar-refractivity contribution in [2.45, 2.75) is 12.1 Å². The average Bonchev–Trinajstić information content (AvgIpc) is 1.84. The van der Waals surface area contributed by atoms with Gasteiger partial charge in [-0.1, -0.05) is 12.2 Å². The van der Waals surface area contributed by atoms with Gasteiger partial charge in [-0.05, 0) is 0 Å². The highest BCUT2D eigenvalue weighted by Gasteiger charge is 2.35. The van der Waals surface area contributed by atoms with Crippen LogP contribution in [-0.2, 0) is 0 Å². The molecule has 1 heterocycles. The summed E-state index contributed by atoms with van der Waals surface area (Å²) in [5, 5.41) is 0. The van der Waals surface area contributed by atoms with Crippen LogP contribution < -0.4 is 0 Å². The first kappa shape index (κ1) is 4.96. The number of rotatable bonds is 0. The predicted molar refractivity (Wildman–Crippen MR) is 26.7 cm³/mol. The molecule has 0 saturated heterocycles. The highest BCUT2D eigenvalue weighted by molar-refractivity contribution is 6.67. The normalized spacial score (nSPS) is 26.0. The highest BCUT2D eigenvalue weighted by Crippen LogP contribution is 2.25. The van der Waals surface area contributed by atoms with Crippen molar-refractivity contribution in [3.05, 3.63) is 12.2 Å². The maximum atomic E-state index is 12.0. The Kier molecular flexibility index (Phi) is 0.993. The molecule has 0 aromatic heterocycles. The summed E-state index contributed by atoms with van der Waals surface area (Å²) in [7, 11) is -3.65. The lowest BCUT2D eigenvalue weighted by molar-refractivity contribution is 0.614. The molecule has 0 nitrogen and oxygen atoms in total. The number of halogens is 2. The lowest BCUT2D eigenvalue weighted by Crippen LogP contribution is -2.14. The summed E-state index contributed by atoms with van der Waals surface area (Å²) in [4.78, 5) is 0. The van der Waals surface area contributed by atoms with Crippen molar-refractivity contribution in [3.63, 3.8) is 0 Å². The molecule has 3 heteroatoms. The van der Waals surface area contributed by atoms with Crippen LogP contribution in [0.1, 0.15) is 0 Å². The highest BCUT2D eigenvalue weighted by atomic mass is 28.4. The minimum Gasteiger partial charge on any atom is -0.270 e. The van der Waals surface area contributed by atoms with Crippen molar-refractivity contribution >= 4 is 8.74 Å². The Balaban J connectivity index is 2.49. The van der Waals surface area contributed by atoms with Crippen LogP contribution in [-0.4, -0.2) is 8.74 Å². The largest absolute Gasteiger partial charge is 0.432 e. The van der Waals surface area contributed by atoms with E-state index >= 15 is 0 Å². The zero-order chi connectivity index (χ0) is 5.33. The van der Waals surface area contributed by atoms with Crippen molar-refractivity contribution in [2.75, 3.05) is 0 Å². The third-order valence-corrected chi connectivity index (χ3v) is 2.67. The van der Waals surface area contributed by atoms with Gasteiger partial charge in [-0.15, -0.1) is 0 Å². The lowest BCUT2D eigenvalue weighted by Gasteiger charge is -1.98. The first-order chi connectivity index (χ1) is 3.21. The van der Waals surface area contributed by atoms with E-state index in [0.717, 1.165) is 0 Å². The summed E-state index contributed by atoms with van der Waals surface area (Å²) < 4.78 is 24.0. The predicted octanol–water partition coefficient (Wildman–Crippen LogP) is 1.94. The van der Waals surface area contributed by atoms with Crippen LogP contribution in [0.5, 0.6) is 0 Å². The van der Waals surface area contributed by atoms with E-state index in [-0.39, 0.29) is 12.1 Å². The van der Waals surface area contributed by atoms with Gasteiger partial charge in [0.25, 0.3) is 0 Å². The van der Waals surface area contributed by atoms with E-state index in [1.54, 1.807) is 12.2 Å². The van der Waals surface area contributed by atoms with Crippen LogP contribution in [0.15, 0.2) is 12.2 Å². The fourth-order valence-electron chi connectivity index (χ4n) is 0.595. The van der Waals surface area contributed by atoms with Crippen molar-refractivity contribution < 1.29 is 8.22 Å². The number of hydrogen-bond donors (Lipinski definition) is 0. The molecule has 0 amide bonds. The van der Waals surface area contributed by atoms with Crippen molar-refractivity contribution in [3.8, 4) is 0 Å². The van der Waals surface area contributed by atoms with Gasteiger partial charge in [-0.3, -0.25) is 8.22 Å². The molecule has 0 aliphatic carbocycles. The van der Waals surface area contributed by atoms with Crippen LogP contribution in [0.3, 0.4) is 0 Å². The molecule has 40 valence electrons. The molecule has 0 aromatic rings. The summed E-state index contributed by atoms with van der Waals surface area (Å²) in [5.41, 5.74) is 0. The number of allylic oxidation sites excluding steroid dienone is 2. The molecule has 0 spiro atoms. The second kappa shape index (κ2) is 1.40. The molecule has 1 aliphatic heterocycles. The third-order valence-electron chi connectivity index (χ3n) is 1.000. The molecular formula is C4H6F2Si. The van der Waals surface area contributed by atoms with E-state index in [4.69, 9.17) is 0 Å². The number of hydrogen-bond acceptors (Lipinski definition) is 0. The van der Waals surface area contributed by atoms with Gasteiger partial charge in [0.2, 0.25) is 0 Å². The van der Waals surface area contributed by atoms with Crippen LogP contribution in [0.25, 0.3) is 0 Å². The first-order valence-corrected chi connectivity index (χ1v) is 4.41. The van der Waals surface area contributed by atoms with Gasteiger partial charge in [0.1, 0.15) is 0 Å². The monoisotopic (exact) mass is 120 g/mol. The molecule has 1 aliphatic rings. The Hall–Kier alpha value is -0.183. The van der Waals surface area contributed by atoms with Crippen LogP contribution in [0, 0.1) is 0 Å². The topological polar surface area (TPSA) is 0 Å². The minimum atomic E-state index is -3.65. The Labute approximate surface area is 42.2 Å². The summed E-state index contributed by atoms with van der Waals surface area (Å²) >= 11 is 0. The Bertz CT molecular complexity index is 87.9. The molecule has 0 radical (unpaired) electrons. The van der Waals surface area contributed by atoms with Gasteiger partial charge in [-0.2, -0.15) is 0 Å². The summed E-state index contributed by atoms with van der Waals surface area (Å²) in [6, 6.07) is 0.153. The van der Waals surface area contributed by atoms with E-state index in [1.807, 2.05) is 0 Å². The molecule has 1 rings (SSSR count). The quantitative estimate of drug-likeness (QED) is 0.260. The SMILES string of the molecule is F[Si]1(F)CC=CC1. The molecule has 0 saturated carbocycles. The molecule has 0 fully saturated rings. The third kappa shape index (κ3) is 1.09. The Morgan fingerprint density at radius 3 is 1.71 bits per heavy atom. The van der Waals surface area contributed by atoms with Gasteiger partial charge in [0.15, 0.2) is 0 Å². The zero-order valence-electron chi connectivity index (χ0n) is 3.82. The summed E-state index contributed by atoms with van der Waals surface area (Å²) in [6.45, 7) is 0. The van der Waals surface area contributed by atoms with E-state index in [2.05, 4.69) is 0 Å². The molecule has 0 N–H and O–H groups in total. The van der Waals surface area contributed by atoms with E-state index in [9.17, 15) is 8.22 Å². The minimum absolute atomic E-state index is 0.0764. The fraction of sp³-hybridized carbons (Fsp3) is 0.500. The zero-order valence-corrected chi connectivity index (χ0v) is 4.82. The van der Waals surface area contributed by atoms with E-state index < -0.39 is 8.74 Å². The van der Waals surface area contributed by atoms with Crippen molar-refractivity contribution in [1.29, 1.82) is 0 Å². The van der Waals surface area contributed by atoms with Gasteiger partial charge in [-0.25, -0.2) is 0 Å². The molecule has 0 aromatic carbocycles. The van der Waals surface area contributed by atoms with Crippen molar-refractivity contribution in [1.82, 2.24) is 0 Å². The van der Waals surface area contributed by atoms with Crippen LogP contribution in [0.4, 0.5) is 8.22 Å². The smallest absolute Gasteiger partial charge is 0.270 e. The fourth-order valence-corrected chi connectivity index (χ4v) is 1.78. The maximum Gasteiger partial charge on any atom is 0.432 e. The summed E-state index contributed by atoms with van der Waals surface area (Å²) in [6.07, 6.45) is 3.15. The molecule has 0 unspecified atom stereocenters. The Morgan fingerprint density at radius 1 is 1.14 bits per heavy atom. The average molecular weight is 120 g/mol.